The molecule has 1 N–H and O–H groups in total. The van der Waals surface area contributed by atoms with Crippen LogP contribution in [-0.4, -0.2) is 42.3 Å². The second-order valence-corrected chi connectivity index (χ2v) is 6.77. The van der Waals surface area contributed by atoms with Crippen molar-refractivity contribution in [2.75, 3.05) is 26.3 Å². The Morgan fingerprint density at radius 1 is 1.68 bits per heavy atom. The Bertz CT molecular complexity index is 492. The van der Waals surface area contributed by atoms with Gasteiger partial charge in [-0.1, -0.05) is 11.6 Å². The van der Waals surface area contributed by atoms with Gasteiger partial charge in [-0.25, -0.2) is 0 Å². The van der Waals surface area contributed by atoms with Crippen molar-refractivity contribution in [1.82, 2.24) is 4.90 Å². The number of ether oxygens (including phenoxy) is 1. The van der Waals surface area contributed by atoms with Gasteiger partial charge in [0, 0.05) is 31.1 Å². The summed E-state index contributed by atoms with van der Waals surface area (Å²) in [6.07, 6.45) is 0.834. The monoisotopic (exact) mass is 301 g/mol. The number of likely N-dealkylation sites (tertiary alicyclic amines) is 1. The van der Waals surface area contributed by atoms with Crippen molar-refractivity contribution >= 4 is 28.9 Å². The third-order valence-corrected chi connectivity index (χ3v) is 5.59. The zero-order valence-electron chi connectivity index (χ0n) is 10.5. The standard InChI is InChI=1S/C13H16ClNO3S/c14-10-2-4-19-11(10)6-15-5-9-1-3-18-8-13(9,7-15)12(16)17/h2,4,9H,1,3,5-8H2,(H,16,17)/t9-,13+/m0/s1. The zero-order valence-corrected chi connectivity index (χ0v) is 12.0. The summed E-state index contributed by atoms with van der Waals surface area (Å²) in [6, 6.07) is 1.89. The molecule has 2 aliphatic heterocycles. The second-order valence-electron chi connectivity index (χ2n) is 5.36. The van der Waals surface area contributed by atoms with Crippen LogP contribution in [0.5, 0.6) is 0 Å². The predicted octanol–water partition coefficient (Wildman–Crippen LogP) is 2.32. The smallest absolute Gasteiger partial charge is 0.313 e. The third-order valence-electron chi connectivity index (χ3n) is 4.22. The second kappa shape index (κ2) is 5.05. The first-order chi connectivity index (χ1) is 9.12. The van der Waals surface area contributed by atoms with Gasteiger partial charge in [-0.3, -0.25) is 9.69 Å². The molecule has 19 heavy (non-hydrogen) atoms. The SMILES string of the molecule is O=C(O)[C@]12COCC[C@H]1CN(Cc1sccc1Cl)C2. The molecule has 6 heteroatoms. The molecule has 1 aromatic heterocycles. The van der Waals surface area contributed by atoms with Crippen LogP contribution < -0.4 is 0 Å². The van der Waals surface area contributed by atoms with E-state index in [9.17, 15) is 9.90 Å². The van der Waals surface area contributed by atoms with Gasteiger partial charge < -0.3 is 9.84 Å². The maximum absolute atomic E-state index is 11.6. The number of carboxylic acids is 1. The Balaban J connectivity index is 1.77. The first kappa shape index (κ1) is 13.4. The average Bonchev–Trinajstić information content (AvgIpc) is 2.94. The summed E-state index contributed by atoms with van der Waals surface area (Å²) in [5, 5.41) is 12.3. The zero-order chi connectivity index (χ0) is 13.5. The molecule has 104 valence electrons. The van der Waals surface area contributed by atoms with Crippen molar-refractivity contribution in [3.63, 3.8) is 0 Å². The molecule has 3 rings (SSSR count). The van der Waals surface area contributed by atoms with E-state index in [0.29, 0.717) is 19.8 Å². The maximum Gasteiger partial charge on any atom is 0.313 e. The molecule has 2 atom stereocenters. The molecular weight excluding hydrogens is 286 g/mol. The Morgan fingerprint density at radius 2 is 2.53 bits per heavy atom. The molecule has 0 aromatic carbocycles. The van der Waals surface area contributed by atoms with Gasteiger partial charge in [0.2, 0.25) is 0 Å². The van der Waals surface area contributed by atoms with Gasteiger partial charge in [0.25, 0.3) is 0 Å². The number of hydrogen-bond donors (Lipinski definition) is 1. The average molecular weight is 302 g/mol. The van der Waals surface area contributed by atoms with Crippen molar-refractivity contribution < 1.29 is 14.6 Å². The minimum Gasteiger partial charge on any atom is -0.481 e. The highest BCUT2D eigenvalue weighted by Crippen LogP contribution is 2.42. The van der Waals surface area contributed by atoms with Crippen molar-refractivity contribution in [3.05, 3.63) is 21.3 Å². The van der Waals surface area contributed by atoms with Crippen LogP contribution in [0.15, 0.2) is 11.4 Å². The maximum atomic E-state index is 11.6. The van der Waals surface area contributed by atoms with Crippen LogP contribution in [0.4, 0.5) is 0 Å². The fraction of sp³-hybridized carbons (Fsp3) is 0.615. The molecule has 2 saturated heterocycles. The molecule has 3 heterocycles. The van der Waals surface area contributed by atoms with Crippen molar-refractivity contribution in [2.45, 2.75) is 13.0 Å². The van der Waals surface area contributed by atoms with Crippen molar-refractivity contribution in [3.8, 4) is 0 Å². The molecule has 0 radical (unpaired) electrons. The number of thiophene rings is 1. The molecule has 0 amide bonds. The number of hydrogen-bond acceptors (Lipinski definition) is 4. The van der Waals surface area contributed by atoms with Gasteiger partial charge in [-0.05, 0) is 23.8 Å². The van der Waals surface area contributed by atoms with Crippen molar-refractivity contribution in [2.24, 2.45) is 11.3 Å². The molecule has 0 saturated carbocycles. The molecule has 2 aliphatic rings. The number of carboxylic acid groups (broad SMARTS) is 1. The topological polar surface area (TPSA) is 49.8 Å². The van der Waals surface area contributed by atoms with Gasteiger partial charge >= 0.3 is 5.97 Å². The number of fused-ring (bicyclic) bond motifs is 1. The molecule has 1 aromatic rings. The summed E-state index contributed by atoms with van der Waals surface area (Å²) in [5.41, 5.74) is -0.720. The van der Waals surface area contributed by atoms with Crippen LogP contribution in [0.25, 0.3) is 0 Å². The lowest BCUT2D eigenvalue weighted by atomic mass is 9.76. The van der Waals surface area contributed by atoms with E-state index >= 15 is 0 Å². The first-order valence-electron chi connectivity index (χ1n) is 6.37. The summed E-state index contributed by atoms with van der Waals surface area (Å²) in [5.74, 6) is -0.533. The summed E-state index contributed by atoms with van der Waals surface area (Å²) in [7, 11) is 0. The normalized spacial score (nSPS) is 31.3. The van der Waals surface area contributed by atoms with Gasteiger partial charge in [0.1, 0.15) is 5.41 Å². The van der Waals surface area contributed by atoms with E-state index in [2.05, 4.69) is 4.90 Å². The van der Waals surface area contributed by atoms with Gasteiger partial charge in [-0.2, -0.15) is 0 Å². The molecule has 0 unspecified atom stereocenters. The number of rotatable bonds is 3. The van der Waals surface area contributed by atoms with Crippen molar-refractivity contribution in [1.29, 1.82) is 0 Å². The molecule has 4 nitrogen and oxygen atoms in total. The minimum absolute atomic E-state index is 0.192. The van der Waals surface area contributed by atoms with E-state index < -0.39 is 11.4 Å². The number of carbonyl (C=O) groups is 1. The highest BCUT2D eigenvalue weighted by atomic mass is 35.5. The fourth-order valence-electron chi connectivity index (χ4n) is 3.16. The Morgan fingerprint density at radius 3 is 3.16 bits per heavy atom. The van der Waals surface area contributed by atoms with Crippen LogP contribution in [0.3, 0.4) is 0 Å². The highest BCUT2D eigenvalue weighted by molar-refractivity contribution is 7.10. The summed E-state index contributed by atoms with van der Waals surface area (Å²) < 4.78 is 5.42. The number of halogens is 1. The minimum atomic E-state index is -0.725. The molecule has 0 aliphatic carbocycles. The van der Waals surface area contributed by atoms with Crippen LogP contribution in [0.1, 0.15) is 11.3 Å². The van der Waals surface area contributed by atoms with Gasteiger partial charge in [0.15, 0.2) is 0 Å². The lowest BCUT2D eigenvalue weighted by Crippen LogP contribution is -2.46. The van der Waals surface area contributed by atoms with E-state index in [1.807, 2.05) is 11.4 Å². The van der Waals surface area contributed by atoms with Crippen LogP contribution in [-0.2, 0) is 16.1 Å². The first-order valence-corrected chi connectivity index (χ1v) is 7.63. The lowest BCUT2D eigenvalue weighted by Gasteiger charge is -2.34. The van der Waals surface area contributed by atoms with Crippen LogP contribution in [0, 0.1) is 11.3 Å². The van der Waals surface area contributed by atoms with Gasteiger partial charge in [0.05, 0.1) is 11.6 Å². The van der Waals surface area contributed by atoms with Gasteiger partial charge in [-0.15, -0.1) is 11.3 Å². The summed E-state index contributed by atoms with van der Waals surface area (Å²) in [4.78, 5) is 15.0. The summed E-state index contributed by atoms with van der Waals surface area (Å²) in [6.45, 7) is 3.13. The Labute approximate surface area is 120 Å². The Kier molecular flexibility index (Phi) is 3.55. The lowest BCUT2D eigenvalue weighted by molar-refractivity contribution is -0.159. The molecule has 0 spiro atoms. The number of nitrogens with zero attached hydrogens (tertiary/aromatic N) is 1. The molecule has 2 fully saturated rings. The summed E-state index contributed by atoms with van der Waals surface area (Å²) >= 11 is 7.74. The van der Waals surface area contributed by atoms with E-state index in [0.717, 1.165) is 29.4 Å². The van der Waals surface area contributed by atoms with E-state index in [-0.39, 0.29) is 5.92 Å². The molecule has 0 bridgehead atoms. The van der Waals surface area contributed by atoms with E-state index in [1.54, 1.807) is 11.3 Å². The van der Waals surface area contributed by atoms with Crippen LogP contribution >= 0.6 is 22.9 Å². The fourth-order valence-corrected chi connectivity index (χ4v) is 4.29. The molecular formula is C13H16ClNO3S. The number of aliphatic carboxylic acids is 1. The highest BCUT2D eigenvalue weighted by Gasteiger charge is 2.54. The third kappa shape index (κ3) is 2.29. The predicted molar refractivity (Wildman–Crippen MR) is 73.6 cm³/mol. The van der Waals surface area contributed by atoms with E-state index in [1.165, 1.54) is 0 Å². The quantitative estimate of drug-likeness (QED) is 0.931. The Hall–Kier alpha value is -0.620. The van der Waals surface area contributed by atoms with Crippen LogP contribution in [0.2, 0.25) is 5.02 Å². The largest absolute Gasteiger partial charge is 0.481 e. The van der Waals surface area contributed by atoms with E-state index in [4.69, 9.17) is 16.3 Å².